The van der Waals surface area contributed by atoms with Crippen LogP contribution in [0.2, 0.25) is 0 Å². The van der Waals surface area contributed by atoms with Crippen LogP contribution in [0, 0.1) is 11.8 Å². The van der Waals surface area contributed by atoms with Crippen molar-refractivity contribution in [2.24, 2.45) is 0 Å². The molecule has 1 atom stereocenters. The summed E-state index contributed by atoms with van der Waals surface area (Å²) in [5.41, 5.74) is 1.49. The van der Waals surface area contributed by atoms with Crippen LogP contribution in [-0.2, 0) is 14.3 Å². The van der Waals surface area contributed by atoms with Gasteiger partial charge in [0.05, 0.1) is 13.7 Å². The first-order valence-electron chi connectivity index (χ1n) is 8.53. The number of anilines is 1. The average Bonchev–Trinajstić information content (AvgIpc) is 2.70. The fraction of sp³-hybridized carbons (Fsp3) is 0.238. The number of amides is 1. The minimum atomic E-state index is -0.840. The van der Waals surface area contributed by atoms with Gasteiger partial charge in [0, 0.05) is 11.3 Å². The molecule has 0 fully saturated rings. The van der Waals surface area contributed by atoms with Gasteiger partial charge in [-0.3, -0.25) is 9.59 Å². The summed E-state index contributed by atoms with van der Waals surface area (Å²) in [7, 11) is 1.58. The average molecular weight is 366 g/mol. The Morgan fingerprint density at radius 3 is 2.41 bits per heavy atom. The lowest BCUT2D eigenvalue weighted by molar-refractivity contribution is -0.143. The summed E-state index contributed by atoms with van der Waals surface area (Å²) >= 11 is 0. The van der Waals surface area contributed by atoms with Gasteiger partial charge in [-0.15, -0.1) is 0 Å². The Morgan fingerprint density at radius 2 is 1.78 bits per heavy atom. The molecule has 0 aliphatic rings. The van der Waals surface area contributed by atoms with E-state index < -0.39 is 17.9 Å². The van der Waals surface area contributed by atoms with Crippen LogP contribution >= 0.6 is 0 Å². The minimum absolute atomic E-state index is 0.208. The molecular formula is C21H22N2O4. The first kappa shape index (κ1) is 19.9. The van der Waals surface area contributed by atoms with Gasteiger partial charge in [-0.2, -0.15) is 0 Å². The van der Waals surface area contributed by atoms with Crippen molar-refractivity contribution >= 4 is 17.6 Å². The molecule has 2 rings (SSSR count). The van der Waals surface area contributed by atoms with E-state index in [0.29, 0.717) is 11.4 Å². The van der Waals surface area contributed by atoms with Crippen LogP contribution in [0.25, 0.3) is 0 Å². The number of benzene rings is 2. The van der Waals surface area contributed by atoms with Crippen LogP contribution in [0.15, 0.2) is 54.6 Å². The van der Waals surface area contributed by atoms with E-state index in [-0.39, 0.29) is 13.2 Å². The highest BCUT2D eigenvalue weighted by molar-refractivity contribution is 5.90. The summed E-state index contributed by atoms with van der Waals surface area (Å²) in [5, 5.41) is 5.61. The standard InChI is InChI=1S/C21H22N2O4/c1-3-27-20(24)15-22-21(25)19(14-9-16-7-5-4-6-8-16)23-17-10-12-18(26-2)13-11-17/h4-8,10-13,19,23H,3,15H2,1-2H3,(H,22,25)/t19-/m1/s1. The number of hydrogen-bond acceptors (Lipinski definition) is 5. The lowest BCUT2D eigenvalue weighted by atomic mass is 10.2. The highest BCUT2D eigenvalue weighted by Crippen LogP contribution is 2.15. The number of carbonyl (C=O) groups is 2. The molecule has 0 saturated carbocycles. The molecule has 0 heterocycles. The van der Waals surface area contributed by atoms with Gasteiger partial charge in [0.25, 0.3) is 5.91 Å². The van der Waals surface area contributed by atoms with Crippen molar-refractivity contribution < 1.29 is 19.1 Å². The van der Waals surface area contributed by atoms with Gasteiger partial charge >= 0.3 is 5.97 Å². The molecule has 0 saturated heterocycles. The zero-order valence-corrected chi connectivity index (χ0v) is 15.3. The van der Waals surface area contributed by atoms with E-state index in [2.05, 4.69) is 22.5 Å². The molecule has 27 heavy (non-hydrogen) atoms. The Morgan fingerprint density at radius 1 is 1.07 bits per heavy atom. The Labute approximate surface area is 158 Å². The number of ether oxygens (including phenoxy) is 2. The number of esters is 1. The molecule has 6 heteroatoms. The number of nitrogens with one attached hydrogen (secondary N) is 2. The largest absolute Gasteiger partial charge is 0.497 e. The van der Waals surface area contributed by atoms with Gasteiger partial charge in [-0.05, 0) is 43.3 Å². The van der Waals surface area contributed by atoms with Gasteiger partial charge in [-0.25, -0.2) is 0 Å². The normalized spacial score (nSPS) is 10.7. The predicted octanol–water partition coefficient (Wildman–Crippen LogP) is 2.21. The summed E-state index contributed by atoms with van der Waals surface area (Å²) < 4.78 is 9.95. The van der Waals surface area contributed by atoms with E-state index in [1.807, 2.05) is 30.3 Å². The second kappa shape index (κ2) is 10.5. The molecule has 2 N–H and O–H groups in total. The minimum Gasteiger partial charge on any atom is -0.497 e. The van der Waals surface area contributed by atoms with Crippen LogP contribution in [0.5, 0.6) is 5.75 Å². The van der Waals surface area contributed by atoms with Crippen LogP contribution in [0.4, 0.5) is 5.69 Å². The van der Waals surface area contributed by atoms with Crippen LogP contribution < -0.4 is 15.4 Å². The van der Waals surface area contributed by atoms with Gasteiger partial charge in [0.2, 0.25) is 0 Å². The van der Waals surface area contributed by atoms with Crippen molar-refractivity contribution in [1.82, 2.24) is 5.32 Å². The number of rotatable bonds is 7. The molecule has 0 unspecified atom stereocenters. The third-order valence-corrected chi connectivity index (χ3v) is 3.51. The molecule has 0 aromatic heterocycles. The van der Waals surface area contributed by atoms with E-state index >= 15 is 0 Å². The van der Waals surface area contributed by atoms with Crippen LogP contribution in [0.3, 0.4) is 0 Å². The van der Waals surface area contributed by atoms with Gasteiger partial charge < -0.3 is 20.1 Å². The molecule has 0 spiro atoms. The SMILES string of the molecule is CCOC(=O)CNC(=O)[C@@H](C#Cc1ccccc1)Nc1ccc(OC)cc1. The lowest BCUT2D eigenvalue weighted by Crippen LogP contribution is -2.41. The van der Waals surface area contributed by atoms with Crippen molar-refractivity contribution in [3.05, 3.63) is 60.2 Å². The van der Waals surface area contributed by atoms with E-state index in [1.54, 1.807) is 38.3 Å². The van der Waals surface area contributed by atoms with E-state index in [1.165, 1.54) is 0 Å². The smallest absolute Gasteiger partial charge is 0.325 e. The summed E-state index contributed by atoms with van der Waals surface area (Å²) in [5.74, 6) is 5.68. The first-order chi connectivity index (χ1) is 13.1. The lowest BCUT2D eigenvalue weighted by Gasteiger charge is -2.15. The van der Waals surface area contributed by atoms with E-state index in [0.717, 1.165) is 5.56 Å². The number of hydrogen-bond donors (Lipinski definition) is 2. The summed E-state index contributed by atoms with van der Waals surface area (Å²) in [6, 6.07) is 15.6. The van der Waals surface area contributed by atoms with E-state index in [4.69, 9.17) is 9.47 Å². The highest BCUT2D eigenvalue weighted by atomic mass is 16.5. The number of carbonyl (C=O) groups excluding carboxylic acids is 2. The molecule has 0 radical (unpaired) electrons. The van der Waals surface area contributed by atoms with Crippen molar-refractivity contribution in [2.75, 3.05) is 25.6 Å². The molecule has 1 amide bonds. The van der Waals surface area contributed by atoms with Crippen molar-refractivity contribution in [2.45, 2.75) is 13.0 Å². The van der Waals surface area contributed by atoms with E-state index in [9.17, 15) is 9.59 Å². The maximum atomic E-state index is 12.5. The quantitative estimate of drug-likeness (QED) is 0.580. The summed E-state index contributed by atoms with van der Waals surface area (Å²) in [6.45, 7) is 1.76. The molecule has 0 bridgehead atoms. The maximum Gasteiger partial charge on any atom is 0.325 e. The third kappa shape index (κ3) is 6.75. The monoisotopic (exact) mass is 366 g/mol. The topological polar surface area (TPSA) is 76.7 Å². The van der Waals surface area contributed by atoms with Gasteiger partial charge in [-0.1, -0.05) is 30.0 Å². The Kier molecular flexibility index (Phi) is 7.73. The zero-order valence-electron chi connectivity index (χ0n) is 15.3. The summed E-state index contributed by atoms with van der Waals surface area (Å²) in [6.07, 6.45) is 0. The molecule has 0 aliphatic heterocycles. The van der Waals surface area contributed by atoms with Crippen molar-refractivity contribution in [1.29, 1.82) is 0 Å². The van der Waals surface area contributed by atoms with Crippen molar-refractivity contribution in [3.63, 3.8) is 0 Å². The molecular weight excluding hydrogens is 344 g/mol. The Bertz CT molecular complexity index is 808. The summed E-state index contributed by atoms with van der Waals surface area (Å²) in [4.78, 5) is 24.0. The highest BCUT2D eigenvalue weighted by Gasteiger charge is 2.17. The second-order valence-corrected chi connectivity index (χ2v) is 5.46. The maximum absolute atomic E-state index is 12.5. The van der Waals surface area contributed by atoms with Crippen LogP contribution in [-0.4, -0.2) is 38.2 Å². The van der Waals surface area contributed by atoms with Crippen LogP contribution in [0.1, 0.15) is 12.5 Å². The fourth-order valence-corrected chi connectivity index (χ4v) is 2.17. The third-order valence-electron chi connectivity index (χ3n) is 3.51. The first-order valence-corrected chi connectivity index (χ1v) is 8.53. The second-order valence-electron chi connectivity index (χ2n) is 5.46. The Hall–Kier alpha value is -3.46. The molecule has 2 aromatic rings. The molecule has 140 valence electrons. The number of methoxy groups -OCH3 is 1. The predicted molar refractivity (Wildman–Crippen MR) is 103 cm³/mol. The molecule has 0 aliphatic carbocycles. The van der Waals surface area contributed by atoms with Gasteiger partial charge in [0.15, 0.2) is 6.04 Å². The molecule has 6 nitrogen and oxygen atoms in total. The van der Waals surface area contributed by atoms with Crippen molar-refractivity contribution in [3.8, 4) is 17.6 Å². The zero-order chi connectivity index (χ0) is 19.5. The molecule has 2 aromatic carbocycles. The Balaban J connectivity index is 2.12. The van der Waals surface area contributed by atoms with Gasteiger partial charge in [0.1, 0.15) is 12.3 Å². The fourth-order valence-electron chi connectivity index (χ4n) is 2.17.